The van der Waals surface area contributed by atoms with Gasteiger partial charge in [-0.15, -0.1) is 0 Å². The monoisotopic (exact) mass is 179 g/mol. The lowest BCUT2D eigenvalue weighted by Crippen LogP contribution is -1.90. The molecule has 3 nitrogen and oxygen atoms in total. The number of hydrogen-bond acceptors (Lipinski definition) is 3. The lowest BCUT2D eigenvalue weighted by molar-refractivity contribution is 0.459. The van der Waals surface area contributed by atoms with Crippen molar-refractivity contribution in [2.24, 2.45) is 4.99 Å². The van der Waals surface area contributed by atoms with Crippen molar-refractivity contribution in [3.8, 4) is 11.5 Å². The molecule has 2 N–H and O–H groups in total. The minimum Gasteiger partial charge on any atom is -0.508 e. The van der Waals surface area contributed by atoms with E-state index < -0.39 is 0 Å². The summed E-state index contributed by atoms with van der Waals surface area (Å²) in [6.07, 6.45) is 1.56. The minimum atomic E-state index is 0.127. The number of hydrogen-bond donors (Lipinski definition) is 2. The largest absolute Gasteiger partial charge is 0.508 e. The third-order valence-corrected chi connectivity index (χ3v) is 1.52. The van der Waals surface area contributed by atoms with Gasteiger partial charge in [0.05, 0.1) is 0 Å². The second-order valence-corrected chi connectivity index (χ2v) is 3.12. The van der Waals surface area contributed by atoms with Gasteiger partial charge in [-0.05, 0) is 32.0 Å². The molecule has 0 spiro atoms. The van der Waals surface area contributed by atoms with E-state index in [0.29, 0.717) is 5.56 Å². The molecule has 1 rings (SSSR count). The Labute approximate surface area is 77.4 Å². The van der Waals surface area contributed by atoms with E-state index >= 15 is 0 Å². The Morgan fingerprint density at radius 1 is 1.31 bits per heavy atom. The summed E-state index contributed by atoms with van der Waals surface area (Å²) < 4.78 is 0. The number of aromatic hydroxyl groups is 2. The summed E-state index contributed by atoms with van der Waals surface area (Å²) in [5, 5.41) is 18.5. The smallest absolute Gasteiger partial charge is 0.124 e. The normalized spacial score (nSPS) is 11.3. The van der Waals surface area contributed by atoms with Crippen LogP contribution in [0.3, 0.4) is 0 Å². The Hall–Kier alpha value is -1.51. The number of phenolic OH excluding ortho intramolecular Hbond substituents is 2. The molecule has 0 aliphatic rings. The van der Waals surface area contributed by atoms with E-state index in [9.17, 15) is 5.11 Å². The molecule has 1 aromatic rings. The van der Waals surface area contributed by atoms with Gasteiger partial charge in [0.1, 0.15) is 11.5 Å². The molecule has 0 atom stereocenters. The molecule has 0 saturated carbocycles. The van der Waals surface area contributed by atoms with Crippen molar-refractivity contribution in [2.75, 3.05) is 0 Å². The maximum Gasteiger partial charge on any atom is 0.124 e. The van der Waals surface area contributed by atoms with Gasteiger partial charge in [0.2, 0.25) is 0 Å². The third kappa shape index (κ3) is 2.78. The highest BCUT2D eigenvalue weighted by molar-refractivity contribution is 5.84. The number of phenols is 2. The molecule has 0 heterocycles. The molecule has 13 heavy (non-hydrogen) atoms. The highest BCUT2D eigenvalue weighted by atomic mass is 16.3. The van der Waals surface area contributed by atoms with Crippen LogP contribution in [0.2, 0.25) is 0 Å². The Balaban J connectivity index is 2.93. The predicted molar refractivity (Wildman–Crippen MR) is 52.5 cm³/mol. The van der Waals surface area contributed by atoms with Gasteiger partial charge in [-0.25, -0.2) is 0 Å². The SMILES string of the molecule is CC(C)N=Cc1cc(O)ccc1O. The highest BCUT2D eigenvalue weighted by Gasteiger charge is 1.98. The van der Waals surface area contributed by atoms with E-state index in [2.05, 4.69) is 4.99 Å². The van der Waals surface area contributed by atoms with Crippen LogP contribution in [-0.4, -0.2) is 22.5 Å². The predicted octanol–water partition coefficient (Wildman–Crippen LogP) is 1.93. The van der Waals surface area contributed by atoms with Gasteiger partial charge in [0, 0.05) is 17.8 Å². The Kier molecular flexibility index (Phi) is 2.90. The summed E-state index contributed by atoms with van der Waals surface area (Å²) in [4.78, 5) is 4.10. The zero-order valence-electron chi connectivity index (χ0n) is 7.73. The van der Waals surface area contributed by atoms with Crippen molar-refractivity contribution in [3.05, 3.63) is 23.8 Å². The molecular formula is C10H13NO2. The fourth-order valence-electron chi connectivity index (χ4n) is 0.875. The maximum absolute atomic E-state index is 9.35. The molecule has 0 saturated heterocycles. The first-order valence-corrected chi connectivity index (χ1v) is 4.15. The molecule has 0 aromatic heterocycles. The van der Waals surface area contributed by atoms with Crippen LogP contribution in [-0.2, 0) is 0 Å². The van der Waals surface area contributed by atoms with Crippen molar-refractivity contribution in [1.82, 2.24) is 0 Å². The van der Waals surface area contributed by atoms with Gasteiger partial charge in [0.15, 0.2) is 0 Å². The molecule has 3 heteroatoms. The first kappa shape index (κ1) is 9.58. The third-order valence-electron chi connectivity index (χ3n) is 1.52. The average molecular weight is 179 g/mol. The molecule has 0 unspecified atom stereocenters. The fraction of sp³-hybridized carbons (Fsp3) is 0.300. The van der Waals surface area contributed by atoms with Crippen molar-refractivity contribution >= 4 is 6.21 Å². The van der Waals surface area contributed by atoms with Gasteiger partial charge in [-0.1, -0.05) is 0 Å². The summed E-state index contributed by atoms with van der Waals surface area (Å²) in [7, 11) is 0. The van der Waals surface area contributed by atoms with E-state index in [1.165, 1.54) is 18.2 Å². The average Bonchev–Trinajstić information content (AvgIpc) is 2.06. The minimum absolute atomic E-state index is 0.127. The van der Waals surface area contributed by atoms with E-state index in [1.54, 1.807) is 6.21 Å². The summed E-state index contributed by atoms with van der Waals surface area (Å²) in [5.74, 6) is 0.255. The first-order chi connectivity index (χ1) is 6.09. The first-order valence-electron chi connectivity index (χ1n) is 4.15. The van der Waals surface area contributed by atoms with Crippen LogP contribution in [0.4, 0.5) is 0 Å². The van der Waals surface area contributed by atoms with Gasteiger partial charge in [0.25, 0.3) is 0 Å². The van der Waals surface area contributed by atoms with Crippen molar-refractivity contribution in [2.45, 2.75) is 19.9 Å². The van der Waals surface area contributed by atoms with Crippen LogP contribution in [0.25, 0.3) is 0 Å². The molecule has 0 amide bonds. The van der Waals surface area contributed by atoms with E-state index in [-0.39, 0.29) is 17.5 Å². The van der Waals surface area contributed by atoms with E-state index in [0.717, 1.165) is 0 Å². The molecule has 0 radical (unpaired) electrons. The summed E-state index contributed by atoms with van der Waals surface area (Å²) in [6, 6.07) is 4.53. The maximum atomic E-state index is 9.35. The quantitative estimate of drug-likeness (QED) is 0.538. The van der Waals surface area contributed by atoms with Crippen LogP contribution < -0.4 is 0 Å². The van der Waals surface area contributed by atoms with E-state index in [4.69, 9.17) is 5.11 Å². The molecule has 0 aliphatic heterocycles. The number of rotatable bonds is 2. The molecule has 0 fully saturated rings. The second-order valence-electron chi connectivity index (χ2n) is 3.12. The van der Waals surface area contributed by atoms with E-state index in [1.807, 2.05) is 13.8 Å². The number of aliphatic imine (C=N–C) groups is 1. The molecular weight excluding hydrogens is 166 g/mol. The van der Waals surface area contributed by atoms with Crippen LogP contribution >= 0.6 is 0 Å². The summed E-state index contributed by atoms with van der Waals surface area (Å²) in [5.41, 5.74) is 0.536. The topological polar surface area (TPSA) is 52.8 Å². The van der Waals surface area contributed by atoms with Crippen LogP contribution in [0, 0.1) is 0 Å². The Morgan fingerprint density at radius 3 is 2.62 bits per heavy atom. The second kappa shape index (κ2) is 3.94. The van der Waals surface area contributed by atoms with Gasteiger partial charge in [-0.3, -0.25) is 4.99 Å². The fourth-order valence-corrected chi connectivity index (χ4v) is 0.875. The lowest BCUT2D eigenvalue weighted by atomic mass is 10.2. The van der Waals surface area contributed by atoms with Gasteiger partial charge < -0.3 is 10.2 Å². The zero-order chi connectivity index (χ0) is 9.84. The van der Waals surface area contributed by atoms with Crippen LogP contribution in [0.15, 0.2) is 23.2 Å². The lowest BCUT2D eigenvalue weighted by Gasteiger charge is -2.00. The van der Waals surface area contributed by atoms with Crippen LogP contribution in [0.1, 0.15) is 19.4 Å². The van der Waals surface area contributed by atoms with Crippen molar-refractivity contribution in [1.29, 1.82) is 0 Å². The number of nitrogens with zero attached hydrogens (tertiary/aromatic N) is 1. The number of benzene rings is 1. The van der Waals surface area contributed by atoms with Gasteiger partial charge >= 0.3 is 0 Å². The zero-order valence-corrected chi connectivity index (χ0v) is 7.73. The van der Waals surface area contributed by atoms with Crippen molar-refractivity contribution < 1.29 is 10.2 Å². The van der Waals surface area contributed by atoms with Crippen LogP contribution in [0.5, 0.6) is 11.5 Å². The molecule has 0 bridgehead atoms. The Morgan fingerprint density at radius 2 is 2.00 bits per heavy atom. The Bertz CT molecular complexity index is 319. The summed E-state index contributed by atoms with van der Waals surface area (Å²) in [6.45, 7) is 3.88. The molecule has 1 aromatic carbocycles. The molecule has 70 valence electrons. The molecule has 0 aliphatic carbocycles. The highest BCUT2D eigenvalue weighted by Crippen LogP contribution is 2.20. The standard InChI is InChI=1S/C10H13NO2/c1-7(2)11-6-8-5-9(12)3-4-10(8)13/h3-7,12-13H,1-2H3. The van der Waals surface area contributed by atoms with Gasteiger partial charge in [-0.2, -0.15) is 0 Å². The van der Waals surface area contributed by atoms with Crippen molar-refractivity contribution in [3.63, 3.8) is 0 Å². The summed E-state index contributed by atoms with van der Waals surface area (Å²) >= 11 is 0.